The van der Waals surface area contributed by atoms with Gasteiger partial charge in [0.25, 0.3) is 0 Å². The van der Waals surface area contributed by atoms with Gasteiger partial charge in [-0.25, -0.2) is 0 Å². The van der Waals surface area contributed by atoms with Crippen molar-refractivity contribution >= 4 is 40.7 Å². The fourth-order valence-corrected chi connectivity index (χ4v) is 2.45. The van der Waals surface area contributed by atoms with E-state index in [1.807, 2.05) is 0 Å². The second-order valence-electron chi connectivity index (χ2n) is 4.79. The van der Waals surface area contributed by atoms with E-state index in [1.165, 1.54) is 0 Å². The average Bonchev–Trinajstić information content (AvgIpc) is 3.01. The van der Waals surface area contributed by atoms with Crippen molar-refractivity contribution in [2.75, 3.05) is 6.54 Å². The van der Waals surface area contributed by atoms with E-state index < -0.39 is 0 Å². The molecule has 0 fully saturated rings. The van der Waals surface area contributed by atoms with Crippen molar-refractivity contribution in [3.05, 3.63) is 33.3 Å². The lowest BCUT2D eigenvalue weighted by Gasteiger charge is -2.06. The normalized spacial score (nSPS) is 10.9. The van der Waals surface area contributed by atoms with Gasteiger partial charge in [-0.1, -0.05) is 34.8 Å². The lowest BCUT2D eigenvalue weighted by molar-refractivity contribution is -0.121. The number of carbonyl (C=O) groups is 1. The molecule has 22 heavy (non-hydrogen) atoms. The van der Waals surface area contributed by atoms with Crippen LogP contribution in [0.2, 0.25) is 15.2 Å². The second-order valence-corrected chi connectivity index (χ2v) is 5.96. The molecule has 1 N–H and O–H groups in total. The Morgan fingerprint density at radius 1 is 1.32 bits per heavy atom. The first-order valence-corrected chi connectivity index (χ1v) is 7.94. The van der Waals surface area contributed by atoms with Crippen LogP contribution in [0.25, 0.3) is 0 Å². The minimum absolute atomic E-state index is 0.0348. The van der Waals surface area contributed by atoms with Gasteiger partial charge < -0.3 is 5.32 Å². The van der Waals surface area contributed by atoms with Gasteiger partial charge >= 0.3 is 0 Å². The van der Waals surface area contributed by atoms with Crippen molar-refractivity contribution in [1.29, 1.82) is 0 Å². The quantitative estimate of drug-likeness (QED) is 0.768. The van der Waals surface area contributed by atoms with Gasteiger partial charge in [0.15, 0.2) is 0 Å². The number of aromatic nitrogens is 4. The van der Waals surface area contributed by atoms with Crippen LogP contribution in [0, 0.1) is 6.92 Å². The number of hydrogen-bond donors (Lipinski definition) is 1. The first-order valence-electron chi connectivity index (χ1n) is 6.80. The molecule has 2 aromatic rings. The first kappa shape index (κ1) is 17.1. The molecule has 0 unspecified atom stereocenters. The van der Waals surface area contributed by atoms with Gasteiger partial charge in [0.1, 0.15) is 10.2 Å². The second kappa shape index (κ2) is 7.85. The highest BCUT2D eigenvalue weighted by molar-refractivity contribution is 6.41. The Morgan fingerprint density at radius 3 is 2.68 bits per heavy atom. The molecular weight excluding hydrogens is 349 g/mol. The summed E-state index contributed by atoms with van der Waals surface area (Å²) in [5.74, 6) is -0.0348. The van der Waals surface area contributed by atoms with Crippen LogP contribution >= 0.6 is 34.8 Å². The third kappa shape index (κ3) is 4.63. The molecule has 0 saturated carbocycles. The Hall–Kier alpha value is -1.24. The van der Waals surface area contributed by atoms with Crippen molar-refractivity contribution in [1.82, 2.24) is 24.9 Å². The number of nitrogens with zero attached hydrogens (tertiary/aromatic N) is 4. The Labute approximate surface area is 143 Å². The maximum atomic E-state index is 11.7. The summed E-state index contributed by atoms with van der Waals surface area (Å²) < 4.78 is 3.27. The van der Waals surface area contributed by atoms with Crippen LogP contribution < -0.4 is 5.32 Å². The molecule has 0 aliphatic carbocycles. The number of nitrogens with one attached hydrogen (secondary N) is 1. The number of rotatable bonds is 7. The summed E-state index contributed by atoms with van der Waals surface area (Å²) in [4.78, 5) is 11.7. The fraction of sp³-hybridized carbons (Fsp3) is 0.462. The van der Waals surface area contributed by atoms with Crippen LogP contribution in [0.5, 0.6) is 0 Å². The average molecular weight is 365 g/mol. The molecule has 1 amide bonds. The summed E-state index contributed by atoms with van der Waals surface area (Å²) in [5, 5.41) is 12.5. The summed E-state index contributed by atoms with van der Waals surface area (Å²) in [6.45, 7) is 3.44. The summed E-state index contributed by atoms with van der Waals surface area (Å²) in [5.41, 5.74) is 0.702. The number of hydrogen-bond acceptors (Lipinski definition) is 3. The highest BCUT2D eigenvalue weighted by atomic mass is 35.5. The van der Waals surface area contributed by atoms with E-state index in [4.69, 9.17) is 34.8 Å². The van der Waals surface area contributed by atoms with Crippen molar-refractivity contribution in [2.45, 2.75) is 32.9 Å². The molecule has 2 rings (SSSR count). The van der Waals surface area contributed by atoms with E-state index in [-0.39, 0.29) is 5.91 Å². The van der Waals surface area contributed by atoms with Crippen molar-refractivity contribution in [2.24, 2.45) is 0 Å². The molecule has 2 heterocycles. The third-order valence-electron chi connectivity index (χ3n) is 3.03. The molecule has 0 aromatic carbocycles. The van der Waals surface area contributed by atoms with Gasteiger partial charge in [-0.2, -0.15) is 10.2 Å². The third-order valence-corrected chi connectivity index (χ3v) is 4.16. The maximum absolute atomic E-state index is 11.7. The number of carbonyl (C=O) groups excluding carboxylic acids is 1. The van der Waals surface area contributed by atoms with Crippen LogP contribution in [-0.4, -0.2) is 32.0 Å². The van der Waals surface area contributed by atoms with Crippen LogP contribution in [0.4, 0.5) is 0 Å². The fourth-order valence-electron chi connectivity index (χ4n) is 1.90. The lowest BCUT2D eigenvalue weighted by Crippen LogP contribution is -2.26. The number of halogens is 3. The lowest BCUT2D eigenvalue weighted by atomic mass is 10.3. The topological polar surface area (TPSA) is 64.7 Å². The van der Waals surface area contributed by atoms with Crippen LogP contribution in [0.3, 0.4) is 0 Å². The van der Waals surface area contributed by atoms with Gasteiger partial charge in [-0.05, 0) is 13.3 Å². The Bertz CT molecular complexity index is 652. The molecule has 0 aliphatic rings. The van der Waals surface area contributed by atoms with E-state index in [0.717, 1.165) is 6.42 Å². The molecule has 9 heteroatoms. The minimum atomic E-state index is -0.0348. The van der Waals surface area contributed by atoms with Gasteiger partial charge in [0.05, 0.1) is 16.9 Å². The highest BCUT2D eigenvalue weighted by Gasteiger charge is 2.10. The van der Waals surface area contributed by atoms with Crippen LogP contribution in [0.1, 0.15) is 18.5 Å². The molecule has 120 valence electrons. The molecule has 0 atom stereocenters. The van der Waals surface area contributed by atoms with Crippen LogP contribution in [-0.2, 0) is 17.9 Å². The maximum Gasteiger partial charge on any atom is 0.221 e. The summed E-state index contributed by atoms with van der Waals surface area (Å²) in [7, 11) is 0. The number of aryl methyl sites for hydroxylation is 3. The largest absolute Gasteiger partial charge is 0.356 e. The molecule has 0 bridgehead atoms. The zero-order valence-electron chi connectivity index (χ0n) is 12.0. The molecule has 0 aliphatic heterocycles. The summed E-state index contributed by atoms with van der Waals surface area (Å²) in [6, 6.07) is 0. The molecule has 0 radical (unpaired) electrons. The molecule has 6 nitrogen and oxygen atoms in total. The first-order chi connectivity index (χ1) is 10.5. The Morgan fingerprint density at radius 2 is 2.09 bits per heavy atom. The Balaban J connectivity index is 1.65. The van der Waals surface area contributed by atoms with Gasteiger partial charge in [0.2, 0.25) is 5.91 Å². The molecule has 0 spiro atoms. The molecule has 0 saturated heterocycles. The van der Waals surface area contributed by atoms with Crippen molar-refractivity contribution in [3.63, 3.8) is 0 Å². The molecule has 2 aromatic heterocycles. The van der Waals surface area contributed by atoms with Gasteiger partial charge in [-0.15, -0.1) is 0 Å². The Kier molecular flexibility index (Phi) is 6.11. The standard InChI is InChI=1S/C13H16Cl3N5O/c1-9-12(15)13(16)21(19-9)5-2-4-17-11(22)3-6-20-8-10(14)7-18-20/h7-8H,2-6H2,1H3,(H,17,22). The van der Waals surface area contributed by atoms with E-state index in [0.29, 0.717) is 46.9 Å². The highest BCUT2D eigenvalue weighted by Crippen LogP contribution is 2.24. The predicted molar refractivity (Wildman–Crippen MR) is 86.5 cm³/mol. The van der Waals surface area contributed by atoms with Crippen LogP contribution in [0.15, 0.2) is 12.4 Å². The SMILES string of the molecule is Cc1nn(CCCNC(=O)CCn2cc(Cl)cn2)c(Cl)c1Cl. The monoisotopic (exact) mass is 363 g/mol. The number of amides is 1. The minimum Gasteiger partial charge on any atom is -0.356 e. The van der Waals surface area contributed by atoms with Gasteiger partial charge in [-0.3, -0.25) is 14.2 Å². The van der Waals surface area contributed by atoms with E-state index >= 15 is 0 Å². The summed E-state index contributed by atoms with van der Waals surface area (Å²) >= 11 is 17.7. The van der Waals surface area contributed by atoms with E-state index in [2.05, 4.69) is 15.5 Å². The van der Waals surface area contributed by atoms with E-state index in [9.17, 15) is 4.79 Å². The van der Waals surface area contributed by atoms with E-state index in [1.54, 1.807) is 28.7 Å². The zero-order valence-corrected chi connectivity index (χ0v) is 14.3. The zero-order chi connectivity index (χ0) is 16.1. The predicted octanol–water partition coefficient (Wildman–Crippen LogP) is 2.94. The van der Waals surface area contributed by atoms with Gasteiger partial charge in [0, 0.05) is 32.3 Å². The molecular formula is C13H16Cl3N5O. The van der Waals surface area contributed by atoms with Crippen molar-refractivity contribution in [3.8, 4) is 0 Å². The smallest absolute Gasteiger partial charge is 0.221 e. The van der Waals surface area contributed by atoms with Crippen molar-refractivity contribution < 1.29 is 4.79 Å². The summed E-state index contributed by atoms with van der Waals surface area (Å²) in [6.07, 6.45) is 4.29.